The van der Waals surface area contributed by atoms with Gasteiger partial charge in [-0.05, 0) is 59.5 Å². The standard InChI is InChI=1S/C42H24N4/c1-2-9-24-21-36-32(20-23(24)8-1)38-41-30(22-31-26-11-4-6-15-34(26)46(36)42(31)38)25-10-3-5-14-33(25)45(41)35-17-16-29-37-27(35)12-7-13-28(37)39-40(29)44-19-18-43-39/h1-20,22,36H,21H2. The monoisotopic (exact) mass is 584 g/mol. The maximum absolute atomic E-state index is 4.76. The highest BCUT2D eigenvalue weighted by molar-refractivity contribution is 6.27. The van der Waals surface area contributed by atoms with E-state index in [0.29, 0.717) is 0 Å². The minimum Gasteiger partial charge on any atom is -0.332 e. The molecule has 6 aromatic carbocycles. The topological polar surface area (TPSA) is 35.6 Å². The second-order valence-electron chi connectivity index (χ2n) is 12.9. The lowest BCUT2D eigenvalue weighted by molar-refractivity contribution is 0.670. The molecular weight excluding hydrogens is 560 g/mol. The lowest BCUT2D eigenvalue weighted by Gasteiger charge is -2.24. The highest BCUT2D eigenvalue weighted by atomic mass is 15.1. The number of fused-ring (bicyclic) bond motifs is 14. The van der Waals surface area contributed by atoms with Crippen LogP contribution in [0.25, 0.3) is 94.2 Å². The quantitative estimate of drug-likeness (QED) is 0.192. The summed E-state index contributed by atoms with van der Waals surface area (Å²) in [4.78, 5) is 9.53. The third-order valence-corrected chi connectivity index (χ3v) is 10.8. The molecule has 3 aromatic heterocycles. The van der Waals surface area contributed by atoms with Gasteiger partial charge in [-0.15, -0.1) is 0 Å². The molecule has 0 radical (unpaired) electrons. The first-order valence-corrected chi connectivity index (χ1v) is 16.0. The number of benzene rings is 6. The van der Waals surface area contributed by atoms with Gasteiger partial charge in [0.25, 0.3) is 0 Å². The minimum absolute atomic E-state index is 0.254. The summed E-state index contributed by atoms with van der Waals surface area (Å²) in [5.41, 5.74) is 16.2. The average Bonchev–Trinajstić information content (AvgIpc) is 3.82. The Labute approximate surface area is 263 Å². The molecule has 0 N–H and O–H groups in total. The second-order valence-corrected chi connectivity index (χ2v) is 12.9. The molecule has 46 heavy (non-hydrogen) atoms. The van der Waals surface area contributed by atoms with Crippen LogP contribution in [0.1, 0.15) is 22.7 Å². The van der Waals surface area contributed by atoms with E-state index >= 15 is 0 Å². The highest BCUT2D eigenvalue weighted by Gasteiger charge is 2.37. The Bertz CT molecular complexity index is 2870. The van der Waals surface area contributed by atoms with Crippen LogP contribution in [0, 0.1) is 0 Å². The molecule has 3 aliphatic rings. The van der Waals surface area contributed by atoms with Gasteiger partial charge in [-0.25, -0.2) is 0 Å². The predicted octanol–water partition coefficient (Wildman–Crippen LogP) is 10.1. The lowest BCUT2D eigenvalue weighted by atomic mass is 9.85. The lowest BCUT2D eigenvalue weighted by Crippen LogP contribution is -2.12. The van der Waals surface area contributed by atoms with E-state index in [1.54, 1.807) is 12.4 Å². The number of para-hydroxylation sites is 2. The van der Waals surface area contributed by atoms with E-state index in [2.05, 4.69) is 124 Å². The van der Waals surface area contributed by atoms with Crippen molar-refractivity contribution in [2.45, 2.75) is 12.5 Å². The van der Waals surface area contributed by atoms with Crippen LogP contribution >= 0.6 is 0 Å². The van der Waals surface area contributed by atoms with Crippen LogP contribution in [-0.2, 0) is 6.42 Å². The largest absolute Gasteiger partial charge is 0.332 e. The smallest absolute Gasteiger partial charge is 0.0971 e. The Morgan fingerprint density at radius 2 is 1.28 bits per heavy atom. The Morgan fingerprint density at radius 3 is 2.15 bits per heavy atom. The van der Waals surface area contributed by atoms with Gasteiger partial charge < -0.3 is 9.13 Å². The van der Waals surface area contributed by atoms with Crippen LogP contribution in [-0.4, -0.2) is 19.1 Å². The van der Waals surface area contributed by atoms with Crippen molar-refractivity contribution >= 4 is 66.0 Å². The molecule has 12 rings (SSSR count). The zero-order valence-corrected chi connectivity index (χ0v) is 24.7. The van der Waals surface area contributed by atoms with E-state index in [-0.39, 0.29) is 6.04 Å². The van der Waals surface area contributed by atoms with Crippen LogP contribution in [0.2, 0.25) is 0 Å². The van der Waals surface area contributed by atoms with Gasteiger partial charge >= 0.3 is 0 Å². The molecule has 1 atom stereocenters. The first-order chi connectivity index (χ1) is 22.8. The predicted molar refractivity (Wildman–Crippen MR) is 188 cm³/mol. The summed E-state index contributed by atoms with van der Waals surface area (Å²) in [7, 11) is 0. The SMILES string of the molecule is C1=C2c3c4c(cc5c6ccccc6n(c35)C2Cc2ccccc21)c1ccccc1n4-c1ccc2c3c(cccc13)-c1nccnc1-2. The Morgan fingerprint density at radius 1 is 0.587 bits per heavy atom. The molecule has 212 valence electrons. The van der Waals surface area contributed by atoms with Crippen LogP contribution in [0.5, 0.6) is 0 Å². The fraction of sp³-hybridized carbons (Fsp3) is 0.0476. The second kappa shape index (κ2) is 7.98. The molecule has 4 heteroatoms. The summed E-state index contributed by atoms with van der Waals surface area (Å²) in [5.74, 6) is 0. The highest BCUT2D eigenvalue weighted by Crippen LogP contribution is 2.55. The molecule has 9 aromatic rings. The van der Waals surface area contributed by atoms with Crippen molar-refractivity contribution in [3.63, 3.8) is 0 Å². The van der Waals surface area contributed by atoms with E-state index in [9.17, 15) is 0 Å². The van der Waals surface area contributed by atoms with Crippen LogP contribution < -0.4 is 0 Å². The summed E-state index contributed by atoms with van der Waals surface area (Å²) in [6, 6.07) is 40.8. The van der Waals surface area contributed by atoms with Crippen molar-refractivity contribution in [2.24, 2.45) is 0 Å². The zero-order valence-electron chi connectivity index (χ0n) is 24.7. The van der Waals surface area contributed by atoms with Gasteiger partial charge in [-0.1, -0.05) is 78.9 Å². The van der Waals surface area contributed by atoms with Crippen molar-refractivity contribution < 1.29 is 0 Å². The molecule has 0 saturated heterocycles. The number of allylic oxidation sites excluding steroid dienone is 1. The Kier molecular flexibility index (Phi) is 4.06. The molecule has 4 heterocycles. The summed E-state index contributed by atoms with van der Waals surface area (Å²) in [6.45, 7) is 0. The molecule has 0 fully saturated rings. The summed E-state index contributed by atoms with van der Waals surface area (Å²) in [5, 5.41) is 7.72. The number of nitrogens with zero attached hydrogens (tertiary/aromatic N) is 4. The van der Waals surface area contributed by atoms with E-state index < -0.39 is 0 Å². The third kappa shape index (κ3) is 2.62. The van der Waals surface area contributed by atoms with E-state index in [0.717, 1.165) is 28.9 Å². The van der Waals surface area contributed by atoms with Crippen molar-refractivity contribution in [3.05, 3.63) is 138 Å². The van der Waals surface area contributed by atoms with E-state index in [1.165, 1.54) is 82.3 Å². The number of aromatic nitrogens is 4. The fourth-order valence-corrected chi connectivity index (χ4v) is 9.08. The van der Waals surface area contributed by atoms with Crippen LogP contribution in [0.3, 0.4) is 0 Å². The van der Waals surface area contributed by atoms with Gasteiger partial charge in [-0.2, -0.15) is 0 Å². The Balaban J connectivity index is 1.29. The molecule has 0 bridgehead atoms. The van der Waals surface area contributed by atoms with Crippen LogP contribution in [0.15, 0.2) is 122 Å². The summed E-state index contributed by atoms with van der Waals surface area (Å²) < 4.78 is 5.20. The fourth-order valence-electron chi connectivity index (χ4n) is 9.08. The molecule has 2 aliphatic carbocycles. The first-order valence-electron chi connectivity index (χ1n) is 16.0. The van der Waals surface area contributed by atoms with Gasteiger partial charge in [0.2, 0.25) is 0 Å². The van der Waals surface area contributed by atoms with Crippen LogP contribution in [0.4, 0.5) is 0 Å². The number of hydrogen-bond donors (Lipinski definition) is 0. The van der Waals surface area contributed by atoms with Crippen molar-refractivity contribution in [1.82, 2.24) is 19.1 Å². The van der Waals surface area contributed by atoms with E-state index in [4.69, 9.17) is 9.97 Å². The number of hydrogen-bond acceptors (Lipinski definition) is 2. The average molecular weight is 585 g/mol. The molecular formula is C42H24N4. The maximum Gasteiger partial charge on any atom is 0.0971 e. The summed E-state index contributed by atoms with van der Waals surface area (Å²) in [6.07, 6.45) is 7.07. The van der Waals surface area contributed by atoms with Crippen molar-refractivity contribution in [1.29, 1.82) is 0 Å². The Hall–Kier alpha value is -6.00. The zero-order chi connectivity index (χ0) is 29.7. The molecule has 1 unspecified atom stereocenters. The normalized spacial score (nSPS) is 15.7. The molecule has 0 amide bonds. The molecule has 4 nitrogen and oxygen atoms in total. The molecule has 0 spiro atoms. The van der Waals surface area contributed by atoms with Gasteiger partial charge in [-0.3, -0.25) is 9.97 Å². The maximum atomic E-state index is 4.76. The van der Waals surface area contributed by atoms with E-state index in [1.807, 2.05) is 0 Å². The van der Waals surface area contributed by atoms with Gasteiger partial charge in [0.15, 0.2) is 0 Å². The van der Waals surface area contributed by atoms with Gasteiger partial charge in [0, 0.05) is 66.9 Å². The molecule has 1 aliphatic heterocycles. The number of rotatable bonds is 1. The first kappa shape index (κ1) is 23.4. The van der Waals surface area contributed by atoms with Gasteiger partial charge in [0.1, 0.15) is 0 Å². The molecule has 0 saturated carbocycles. The minimum atomic E-state index is 0.254. The van der Waals surface area contributed by atoms with Gasteiger partial charge in [0.05, 0.1) is 39.7 Å². The van der Waals surface area contributed by atoms with Crippen molar-refractivity contribution in [2.75, 3.05) is 0 Å². The third-order valence-electron chi connectivity index (χ3n) is 10.8. The summed E-state index contributed by atoms with van der Waals surface area (Å²) >= 11 is 0. The van der Waals surface area contributed by atoms with Crippen molar-refractivity contribution in [3.8, 4) is 28.2 Å².